The number of esters is 1. The topological polar surface area (TPSA) is 95.0 Å². The van der Waals surface area contributed by atoms with Gasteiger partial charge in [-0.05, 0) is 25.0 Å². The zero-order valence-electron chi connectivity index (χ0n) is 18.6. The molecule has 0 saturated heterocycles. The van der Waals surface area contributed by atoms with Crippen molar-refractivity contribution in [3.05, 3.63) is 47.0 Å². The Kier molecular flexibility index (Phi) is 8.83. The van der Waals surface area contributed by atoms with Gasteiger partial charge in [-0.25, -0.2) is 9.37 Å². The molecule has 32 heavy (non-hydrogen) atoms. The Morgan fingerprint density at radius 1 is 1.19 bits per heavy atom. The number of ether oxygens (including phenoxy) is 3. The first kappa shape index (κ1) is 25.4. The highest BCUT2D eigenvalue weighted by Crippen LogP contribution is 2.29. The average Bonchev–Trinajstić information content (AvgIpc) is 2.70. The second-order valence-corrected chi connectivity index (χ2v) is 8.25. The van der Waals surface area contributed by atoms with Gasteiger partial charge >= 0.3 is 5.97 Å². The number of Topliss-reactive ketones (excluding diaryl/α,β-unsaturated/α-hetero) is 1. The number of hydrogen-bond donors (Lipinski definition) is 1. The van der Waals surface area contributed by atoms with E-state index in [1.807, 2.05) is 13.8 Å². The number of nitrogens with zero attached hydrogens (tertiary/aromatic N) is 1. The summed E-state index contributed by atoms with van der Waals surface area (Å²) in [7, 11) is 1.36. The van der Waals surface area contributed by atoms with Gasteiger partial charge in [-0.2, -0.15) is 0 Å². The van der Waals surface area contributed by atoms with Crippen molar-refractivity contribution < 1.29 is 33.3 Å². The second kappa shape index (κ2) is 11.1. The minimum absolute atomic E-state index is 0.113. The smallest absolute Gasteiger partial charge is 0.309 e. The van der Waals surface area contributed by atoms with Crippen LogP contribution < -0.4 is 9.47 Å². The fraction of sp³-hybridized carbons (Fsp3) is 0.435. The van der Waals surface area contributed by atoms with Gasteiger partial charge in [0.05, 0.1) is 13.0 Å². The van der Waals surface area contributed by atoms with Crippen molar-refractivity contribution >= 4 is 23.4 Å². The quantitative estimate of drug-likeness (QED) is 0.395. The summed E-state index contributed by atoms with van der Waals surface area (Å²) < 4.78 is 29.9. The van der Waals surface area contributed by atoms with Gasteiger partial charge in [-0.3, -0.25) is 9.59 Å². The van der Waals surface area contributed by atoms with Crippen molar-refractivity contribution in [2.75, 3.05) is 7.11 Å². The van der Waals surface area contributed by atoms with Crippen LogP contribution >= 0.6 is 11.6 Å². The first-order valence-corrected chi connectivity index (χ1v) is 10.5. The number of carbonyl (C=O) groups excluding carboxylic acids is 2. The van der Waals surface area contributed by atoms with Crippen LogP contribution in [0.3, 0.4) is 0 Å². The van der Waals surface area contributed by atoms with Crippen molar-refractivity contribution in [1.82, 2.24) is 4.98 Å². The maximum absolute atomic E-state index is 13.6. The summed E-state index contributed by atoms with van der Waals surface area (Å²) in [6, 6.07) is 5.24. The molecule has 0 saturated carbocycles. The van der Waals surface area contributed by atoms with E-state index in [2.05, 4.69) is 4.98 Å². The maximum atomic E-state index is 13.6. The highest BCUT2D eigenvalue weighted by Gasteiger charge is 2.30. The third-order valence-corrected chi connectivity index (χ3v) is 5.01. The number of aromatic nitrogens is 1. The summed E-state index contributed by atoms with van der Waals surface area (Å²) in [6.45, 7) is 6.95. The fourth-order valence-corrected chi connectivity index (χ4v) is 3.38. The van der Waals surface area contributed by atoms with E-state index in [1.165, 1.54) is 31.5 Å². The number of ketones is 1. The molecule has 0 aliphatic heterocycles. The molecule has 3 atom stereocenters. The largest absolute Gasteiger partial charge is 0.503 e. The highest BCUT2D eigenvalue weighted by atomic mass is 35.5. The van der Waals surface area contributed by atoms with Gasteiger partial charge in [0.25, 0.3) is 0 Å². The van der Waals surface area contributed by atoms with Gasteiger partial charge in [-0.1, -0.05) is 32.4 Å². The van der Waals surface area contributed by atoms with Crippen LogP contribution in [0.2, 0.25) is 5.02 Å². The van der Waals surface area contributed by atoms with E-state index >= 15 is 0 Å². The molecular formula is C23H27ClFNO6. The molecular weight excluding hydrogens is 441 g/mol. The van der Waals surface area contributed by atoms with Crippen LogP contribution in [-0.2, 0) is 9.53 Å². The van der Waals surface area contributed by atoms with Crippen LogP contribution in [0.15, 0.2) is 30.5 Å². The molecule has 0 bridgehead atoms. The van der Waals surface area contributed by atoms with Crippen molar-refractivity contribution in [2.24, 2.45) is 11.8 Å². The summed E-state index contributed by atoms with van der Waals surface area (Å²) >= 11 is 5.86. The molecule has 1 aromatic heterocycles. The Labute approximate surface area is 191 Å². The Morgan fingerprint density at radius 3 is 2.47 bits per heavy atom. The Hall–Kier alpha value is -2.87. The lowest BCUT2D eigenvalue weighted by molar-refractivity contribution is -0.161. The summed E-state index contributed by atoms with van der Waals surface area (Å²) in [5.41, 5.74) is -0.177. The number of rotatable bonds is 10. The summed E-state index contributed by atoms with van der Waals surface area (Å²) in [4.78, 5) is 29.1. The number of carbonyl (C=O) groups is 2. The molecule has 0 spiro atoms. The van der Waals surface area contributed by atoms with Gasteiger partial charge in [0.2, 0.25) is 0 Å². The number of halogens is 2. The van der Waals surface area contributed by atoms with Crippen LogP contribution in [-0.4, -0.2) is 41.2 Å². The predicted octanol–water partition coefficient (Wildman–Crippen LogP) is 4.83. The molecule has 1 heterocycles. The molecule has 0 radical (unpaired) electrons. The molecule has 0 aliphatic rings. The molecule has 1 aromatic carbocycles. The minimum Gasteiger partial charge on any atom is -0.503 e. The van der Waals surface area contributed by atoms with Crippen molar-refractivity contribution in [2.45, 2.75) is 46.3 Å². The van der Waals surface area contributed by atoms with E-state index in [0.29, 0.717) is 0 Å². The van der Waals surface area contributed by atoms with Crippen LogP contribution in [0.4, 0.5) is 4.39 Å². The molecule has 2 aromatic rings. The molecule has 174 valence electrons. The van der Waals surface area contributed by atoms with Gasteiger partial charge in [0.1, 0.15) is 23.8 Å². The summed E-state index contributed by atoms with van der Waals surface area (Å²) in [5, 5.41) is 10.3. The monoisotopic (exact) mass is 467 g/mol. The first-order chi connectivity index (χ1) is 15.0. The molecule has 0 amide bonds. The second-order valence-electron chi connectivity index (χ2n) is 7.81. The third-order valence-electron chi connectivity index (χ3n) is 4.80. The zero-order valence-corrected chi connectivity index (χ0v) is 19.4. The van der Waals surface area contributed by atoms with Crippen LogP contribution in [0, 0.1) is 17.7 Å². The van der Waals surface area contributed by atoms with Gasteiger partial charge < -0.3 is 19.3 Å². The average molecular weight is 468 g/mol. The van der Waals surface area contributed by atoms with E-state index < -0.39 is 35.7 Å². The van der Waals surface area contributed by atoms with E-state index in [0.717, 1.165) is 6.07 Å². The van der Waals surface area contributed by atoms with Crippen molar-refractivity contribution in [3.63, 3.8) is 0 Å². The summed E-state index contributed by atoms with van der Waals surface area (Å²) in [5.74, 6) is -2.64. The fourth-order valence-electron chi connectivity index (χ4n) is 3.17. The van der Waals surface area contributed by atoms with Gasteiger partial charge in [0.15, 0.2) is 23.0 Å². The SMILES string of the molecule is COc1ccnc(C(=O)C[C@@H](C)C(=O)O[C@H](C(C)C)[C@H](C)Oc2cc(F)cc(Cl)c2)c1O. The van der Waals surface area contributed by atoms with Gasteiger partial charge in [0, 0.05) is 29.8 Å². The van der Waals surface area contributed by atoms with E-state index in [4.69, 9.17) is 25.8 Å². The minimum atomic E-state index is -0.799. The standard InChI is InChI=1S/C23H27ClFNO6/c1-12(2)22(14(4)31-17-10-15(24)9-16(25)11-17)32-23(29)13(3)8-18(27)20-21(28)19(30-5)6-7-26-20/h6-7,9-14,22,28H,8H2,1-5H3/t13-,14+,22-/m1/s1. The number of aromatic hydroxyl groups is 1. The van der Waals surface area contributed by atoms with E-state index in [-0.39, 0.29) is 40.3 Å². The molecule has 1 N–H and O–H groups in total. The number of hydrogen-bond acceptors (Lipinski definition) is 7. The van der Waals surface area contributed by atoms with Crippen molar-refractivity contribution in [3.8, 4) is 17.2 Å². The first-order valence-electron chi connectivity index (χ1n) is 10.1. The Balaban J connectivity index is 2.06. The molecule has 2 rings (SSSR count). The highest BCUT2D eigenvalue weighted by molar-refractivity contribution is 6.30. The number of methoxy groups -OCH3 is 1. The number of benzene rings is 1. The van der Waals surface area contributed by atoms with Crippen LogP contribution in [0.5, 0.6) is 17.2 Å². The van der Waals surface area contributed by atoms with Crippen LogP contribution in [0.1, 0.15) is 44.6 Å². The molecule has 0 fully saturated rings. The Morgan fingerprint density at radius 2 is 1.88 bits per heavy atom. The lowest BCUT2D eigenvalue weighted by Gasteiger charge is -2.29. The lowest BCUT2D eigenvalue weighted by Crippen LogP contribution is -2.39. The van der Waals surface area contributed by atoms with E-state index in [1.54, 1.807) is 13.8 Å². The molecule has 0 aliphatic carbocycles. The van der Waals surface area contributed by atoms with Crippen LogP contribution in [0.25, 0.3) is 0 Å². The molecule has 9 heteroatoms. The lowest BCUT2D eigenvalue weighted by atomic mass is 10.00. The molecule has 0 unspecified atom stereocenters. The third kappa shape index (κ3) is 6.56. The van der Waals surface area contributed by atoms with Crippen molar-refractivity contribution in [1.29, 1.82) is 0 Å². The normalized spacial score (nSPS) is 13.9. The maximum Gasteiger partial charge on any atom is 0.309 e. The van der Waals surface area contributed by atoms with E-state index in [9.17, 15) is 19.1 Å². The Bertz CT molecular complexity index is 947. The summed E-state index contributed by atoms with van der Waals surface area (Å²) in [6.07, 6.45) is -0.151. The molecule has 7 nitrogen and oxygen atoms in total. The number of pyridine rings is 1. The van der Waals surface area contributed by atoms with Gasteiger partial charge in [-0.15, -0.1) is 0 Å². The zero-order chi connectivity index (χ0) is 24.0. The predicted molar refractivity (Wildman–Crippen MR) is 117 cm³/mol.